The molecular weight excluding hydrogens is 346 g/mol. The van der Waals surface area contributed by atoms with Crippen LogP contribution in [0.25, 0.3) is 0 Å². The van der Waals surface area contributed by atoms with Gasteiger partial charge in [0.25, 0.3) is 0 Å². The van der Waals surface area contributed by atoms with E-state index in [1.165, 1.54) is 0 Å². The summed E-state index contributed by atoms with van der Waals surface area (Å²) in [7, 11) is 0. The highest BCUT2D eigenvalue weighted by Crippen LogP contribution is 2.23. The van der Waals surface area contributed by atoms with Crippen LogP contribution in [0.3, 0.4) is 0 Å². The fourth-order valence-corrected chi connectivity index (χ4v) is 2.23. The van der Waals surface area contributed by atoms with E-state index in [4.69, 9.17) is 5.26 Å². The smallest absolute Gasteiger partial charge is 0.0992 e. The second-order valence-electron chi connectivity index (χ2n) is 3.36. The van der Waals surface area contributed by atoms with Crippen LogP contribution in [0.15, 0.2) is 45.6 Å². The van der Waals surface area contributed by atoms with Crippen molar-refractivity contribution in [1.82, 2.24) is 4.98 Å². The van der Waals surface area contributed by atoms with Crippen LogP contribution in [0.4, 0.5) is 11.4 Å². The Morgan fingerprint density at radius 1 is 1.00 bits per heavy atom. The number of nitriles is 1. The Morgan fingerprint density at radius 3 is 2.47 bits per heavy atom. The van der Waals surface area contributed by atoms with E-state index in [-0.39, 0.29) is 0 Å². The Labute approximate surface area is 116 Å². The van der Waals surface area contributed by atoms with Crippen LogP contribution in [0.5, 0.6) is 0 Å². The van der Waals surface area contributed by atoms with Crippen molar-refractivity contribution in [2.45, 2.75) is 0 Å². The van der Waals surface area contributed by atoms with E-state index in [9.17, 15) is 0 Å². The minimum atomic E-state index is 0.602. The van der Waals surface area contributed by atoms with E-state index >= 15 is 0 Å². The average molecular weight is 353 g/mol. The van der Waals surface area contributed by atoms with Crippen LogP contribution in [0, 0.1) is 11.3 Å². The van der Waals surface area contributed by atoms with E-state index in [0.29, 0.717) is 5.56 Å². The summed E-state index contributed by atoms with van der Waals surface area (Å²) in [6, 6.07) is 9.48. The van der Waals surface area contributed by atoms with E-state index in [2.05, 4.69) is 48.2 Å². The third-order valence-corrected chi connectivity index (χ3v) is 2.91. The molecule has 84 valence electrons. The molecule has 2 rings (SSSR count). The van der Waals surface area contributed by atoms with Crippen LogP contribution < -0.4 is 5.32 Å². The molecule has 0 amide bonds. The summed E-state index contributed by atoms with van der Waals surface area (Å²) in [5.41, 5.74) is 2.31. The first kappa shape index (κ1) is 12.1. The molecule has 0 fully saturated rings. The Balaban J connectivity index is 2.30. The second-order valence-corrected chi connectivity index (χ2v) is 5.19. The minimum Gasteiger partial charge on any atom is -0.354 e. The molecule has 1 N–H and O–H groups in total. The molecule has 3 nitrogen and oxygen atoms in total. The van der Waals surface area contributed by atoms with Gasteiger partial charge in [0.15, 0.2) is 0 Å². The molecule has 1 aromatic heterocycles. The van der Waals surface area contributed by atoms with Gasteiger partial charge in [-0.05, 0) is 40.2 Å². The molecule has 0 radical (unpaired) electrons. The summed E-state index contributed by atoms with van der Waals surface area (Å²) >= 11 is 6.72. The second kappa shape index (κ2) is 5.30. The predicted molar refractivity (Wildman–Crippen MR) is 74.1 cm³/mol. The Hall–Kier alpha value is -1.38. The first-order valence-electron chi connectivity index (χ1n) is 4.75. The van der Waals surface area contributed by atoms with Crippen molar-refractivity contribution >= 4 is 43.2 Å². The Kier molecular flexibility index (Phi) is 3.77. The largest absolute Gasteiger partial charge is 0.354 e. The molecule has 2 aromatic rings. The number of rotatable bonds is 2. The first-order chi connectivity index (χ1) is 8.17. The van der Waals surface area contributed by atoms with Crippen LogP contribution in [0.2, 0.25) is 0 Å². The van der Waals surface area contributed by atoms with Crippen molar-refractivity contribution < 1.29 is 0 Å². The maximum atomic E-state index is 8.88. The van der Waals surface area contributed by atoms with Gasteiger partial charge in [0.1, 0.15) is 0 Å². The standard InChI is InChI=1S/C12H7Br2N3/c13-9-1-8(5-15)2-11(3-9)17-12-4-10(14)6-16-7-12/h1-4,6-7,17H. The summed E-state index contributed by atoms with van der Waals surface area (Å²) in [4.78, 5) is 4.06. The highest BCUT2D eigenvalue weighted by atomic mass is 79.9. The van der Waals surface area contributed by atoms with E-state index in [1.54, 1.807) is 24.5 Å². The van der Waals surface area contributed by atoms with Crippen LogP contribution in [-0.2, 0) is 0 Å². The molecule has 5 heteroatoms. The van der Waals surface area contributed by atoms with Gasteiger partial charge in [-0.25, -0.2) is 0 Å². The van der Waals surface area contributed by atoms with E-state index < -0.39 is 0 Å². The lowest BCUT2D eigenvalue weighted by Gasteiger charge is -2.07. The van der Waals surface area contributed by atoms with Crippen molar-refractivity contribution in [3.8, 4) is 6.07 Å². The van der Waals surface area contributed by atoms with Gasteiger partial charge in [0.05, 0.1) is 23.5 Å². The monoisotopic (exact) mass is 351 g/mol. The van der Waals surface area contributed by atoms with Crippen molar-refractivity contribution in [3.63, 3.8) is 0 Å². The van der Waals surface area contributed by atoms with Gasteiger partial charge in [-0.15, -0.1) is 0 Å². The zero-order valence-corrected chi connectivity index (χ0v) is 11.8. The number of hydrogen-bond donors (Lipinski definition) is 1. The number of aromatic nitrogens is 1. The summed E-state index contributed by atoms with van der Waals surface area (Å²) in [5.74, 6) is 0. The molecule has 0 atom stereocenters. The summed E-state index contributed by atoms with van der Waals surface area (Å²) in [5, 5.41) is 12.1. The average Bonchev–Trinajstić information content (AvgIpc) is 2.28. The molecule has 17 heavy (non-hydrogen) atoms. The van der Waals surface area contributed by atoms with Crippen LogP contribution >= 0.6 is 31.9 Å². The van der Waals surface area contributed by atoms with Crippen molar-refractivity contribution in [1.29, 1.82) is 5.26 Å². The highest BCUT2D eigenvalue weighted by Gasteiger charge is 2.00. The lowest BCUT2D eigenvalue weighted by atomic mass is 10.2. The molecular formula is C12H7Br2N3. The molecule has 0 spiro atoms. The van der Waals surface area contributed by atoms with Crippen molar-refractivity contribution in [2.24, 2.45) is 0 Å². The third kappa shape index (κ3) is 3.29. The van der Waals surface area contributed by atoms with Gasteiger partial charge < -0.3 is 5.32 Å². The topological polar surface area (TPSA) is 48.7 Å². The zero-order chi connectivity index (χ0) is 12.3. The summed E-state index contributed by atoms with van der Waals surface area (Å²) < 4.78 is 1.76. The molecule has 0 unspecified atom stereocenters. The molecule has 0 aliphatic rings. The fraction of sp³-hybridized carbons (Fsp3) is 0. The molecule has 1 heterocycles. The maximum absolute atomic E-state index is 8.88. The van der Waals surface area contributed by atoms with Gasteiger partial charge >= 0.3 is 0 Å². The van der Waals surface area contributed by atoms with Gasteiger partial charge in [0, 0.05) is 20.8 Å². The minimum absolute atomic E-state index is 0.602. The van der Waals surface area contributed by atoms with Gasteiger partial charge in [-0.3, -0.25) is 4.98 Å². The molecule has 0 saturated carbocycles. The lowest BCUT2D eigenvalue weighted by Crippen LogP contribution is -1.92. The summed E-state index contributed by atoms with van der Waals surface area (Å²) in [6.07, 6.45) is 3.44. The third-order valence-electron chi connectivity index (χ3n) is 2.02. The highest BCUT2D eigenvalue weighted by molar-refractivity contribution is 9.10. The number of nitrogens with one attached hydrogen (secondary N) is 1. The SMILES string of the molecule is N#Cc1cc(Br)cc(Nc2cncc(Br)c2)c1. The number of pyridine rings is 1. The number of nitrogens with zero attached hydrogens (tertiary/aromatic N) is 2. The molecule has 0 aliphatic heterocycles. The predicted octanol–water partition coefficient (Wildman–Crippen LogP) is 4.22. The van der Waals surface area contributed by atoms with E-state index in [0.717, 1.165) is 20.3 Å². The quantitative estimate of drug-likeness (QED) is 0.880. The summed E-state index contributed by atoms with van der Waals surface area (Å²) in [6.45, 7) is 0. The lowest BCUT2D eigenvalue weighted by molar-refractivity contribution is 1.30. The van der Waals surface area contributed by atoms with Gasteiger partial charge in [0.2, 0.25) is 0 Å². The van der Waals surface area contributed by atoms with Gasteiger partial charge in [-0.2, -0.15) is 5.26 Å². The van der Waals surface area contributed by atoms with Crippen molar-refractivity contribution in [2.75, 3.05) is 5.32 Å². The van der Waals surface area contributed by atoms with Crippen LogP contribution in [-0.4, -0.2) is 4.98 Å². The number of halogens is 2. The van der Waals surface area contributed by atoms with E-state index in [1.807, 2.05) is 12.1 Å². The molecule has 0 bridgehead atoms. The molecule has 0 aliphatic carbocycles. The van der Waals surface area contributed by atoms with Crippen molar-refractivity contribution in [3.05, 3.63) is 51.2 Å². The maximum Gasteiger partial charge on any atom is 0.0992 e. The zero-order valence-electron chi connectivity index (χ0n) is 8.61. The number of benzene rings is 1. The Morgan fingerprint density at radius 2 is 1.76 bits per heavy atom. The fourth-order valence-electron chi connectivity index (χ4n) is 1.37. The normalized spacial score (nSPS) is 9.71. The van der Waals surface area contributed by atoms with Crippen LogP contribution in [0.1, 0.15) is 5.56 Å². The number of hydrogen-bond acceptors (Lipinski definition) is 3. The first-order valence-corrected chi connectivity index (χ1v) is 6.34. The van der Waals surface area contributed by atoms with Gasteiger partial charge in [-0.1, -0.05) is 15.9 Å². The Bertz CT molecular complexity index is 591. The molecule has 0 saturated heterocycles. The molecule has 1 aromatic carbocycles. The number of anilines is 2.